The molecular formula is C8H6BrNO4. The second-order valence-corrected chi connectivity index (χ2v) is 3.34. The van der Waals surface area contributed by atoms with Gasteiger partial charge in [0.25, 0.3) is 5.09 Å². The van der Waals surface area contributed by atoms with E-state index in [1.165, 1.54) is 0 Å². The third-order valence-corrected chi connectivity index (χ3v) is 2.00. The second kappa shape index (κ2) is 4.71. The maximum Gasteiger partial charge on any atom is 0.294 e. The van der Waals surface area contributed by atoms with Crippen LogP contribution in [0.1, 0.15) is 10.4 Å². The Balaban J connectivity index is 2.61. The van der Waals surface area contributed by atoms with Crippen molar-refractivity contribution in [2.75, 3.05) is 6.61 Å². The van der Waals surface area contributed by atoms with Gasteiger partial charge in [0.1, 0.15) is 0 Å². The van der Waals surface area contributed by atoms with Gasteiger partial charge in [-0.05, 0) is 12.1 Å². The number of hydrogen-bond donors (Lipinski definition) is 0. The van der Waals surface area contributed by atoms with Crippen LogP contribution < -0.4 is 0 Å². The van der Waals surface area contributed by atoms with Crippen LogP contribution in [0.3, 0.4) is 0 Å². The first-order valence-corrected chi connectivity index (χ1v) is 4.45. The van der Waals surface area contributed by atoms with Crippen LogP contribution in [-0.2, 0) is 4.84 Å². The molecule has 14 heavy (non-hydrogen) atoms. The molecule has 6 heteroatoms. The zero-order valence-corrected chi connectivity index (χ0v) is 8.56. The number of benzene rings is 1. The van der Waals surface area contributed by atoms with E-state index in [9.17, 15) is 14.9 Å². The Morgan fingerprint density at radius 1 is 1.43 bits per heavy atom. The van der Waals surface area contributed by atoms with Crippen molar-refractivity contribution in [2.24, 2.45) is 0 Å². The summed E-state index contributed by atoms with van der Waals surface area (Å²) >= 11 is 3.21. The average Bonchev–Trinajstić information content (AvgIpc) is 2.15. The van der Waals surface area contributed by atoms with Gasteiger partial charge in [-0.25, -0.2) is 0 Å². The van der Waals surface area contributed by atoms with Crippen molar-refractivity contribution in [1.82, 2.24) is 0 Å². The summed E-state index contributed by atoms with van der Waals surface area (Å²) in [6.45, 7) is -0.547. The summed E-state index contributed by atoms with van der Waals surface area (Å²) in [6.07, 6.45) is 0. The SMILES string of the molecule is O=C(CO[N+](=O)[O-])c1ccc(Br)cc1. The normalized spacial score (nSPS) is 9.50. The molecule has 5 nitrogen and oxygen atoms in total. The molecular weight excluding hydrogens is 254 g/mol. The molecule has 0 spiro atoms. The van der Waals surface area contributed by atoms with Crippen LogP contribution in [0.2, 0.25) is 0 Å². The van der Waals surface area contributed by atoms with E-state index in [1.807, 2.05) is 0 Å². The number of nitrogens with zero attached hydrogens (tertiary/aromatic N) is 1. The number of rotatable bonds is 4. The van der Waals surface area contributed by atoms with Crippen molar-refractivity contribution < 1.29 is 14.7 Å². The fourth-order valence-corrected chi connectivity index (χ4v) is 1.09. The molecule has 74 valence electrons. The van der Waals surface area contributed by atoms with Crippen LogP contribution in [0.4, 0.5) is 0 Å². The molecule has 0 aromatic heterocycles. The van der Waals surface area contributed by atoms with E-state index < -0.39 is 17.5 Å². The standard InChI is InChI=1S/C8H6BrNO4/c9-7-3-1-6(2-4-7)8(11)5-14-10(12)13/h1-4H,5H2. The van der Waals surface area contributed by atoms with E-state index in [2.05, 4.69) is 20.8 Å². The molecule has 1 rings (SSSR count). The van der Waals surface area contributed by atoms with Crippen LogP contribution in [0.25, 0.3) is 0 Å². The van der Waals surface area contributed by atoms with Gasteiger partial charge in [-0.15, -0.1) is 10.1 Å². The Bertz CT molecular complexity index is 349. The lowest BCUT2D eigenvalue weighted by Crippen LogP contribution is -2.12. The molecule has 0 aliphatic rings. The molecule has 0 aliphatic heterocycles. The molecule has 0 aliphatic carbocycles. The highest BCUT2D eigenvalue weighted by molar-refractivity contribution is 9.10. The van der Waals surface area contributed by atoms with Gasteiger partial charge in [-0.1, -0.05) is 28.1 Å². The fraction of sp³-hybridized carbons (Fsp3) is 0.125. The summed E-state index contributed by atoms with van der Waals surface area (Å²) in [5, 5.41) is 8.82. The molecule has 0 saturated carbocycles. The minimum atomic E-state index is -0.989. The zero-order valence-electron chi connectivity index (χ0n) is 6.97. The highest BCUT2D eigenvalue weighted by Gasteiger charge is 2.07. The van der Waals surface area contributed by atoms with E-state index in [-0.39, 0.29) is 0 Å². The number of Topliss-reactive ketones (excluding diaryl/α,β-unsaturated/α-hetero) is 1. The predicted molar refractivity (Wildman–Crippen MR) is 51.4 cm³/mol. The third-order valence-electron chi connectivity index (χ3n) is 1.47. The van der Waals surface area contributed by atoms with Gasteiger partial charge in [0.15, 0.2) is 12.4 Å². The average molecular weight is 260 g/mol. The molecule has 0 heterocycles. The molecule has 1 aromatic rings. The van der Waals surface area contributed by atoms with Crippen LogP contribution >= 0.6 is 15.9 Å². The van der Waals surface area contributed by atoms with Gasteiger partial charge < -0.3 is 4.84 Å². The Morgan fingerprint density at radius 3 is 2.50 bits per heavy atom. The van der Waals surface area contributed by atoms with Crippen molar-refractivity contribution in [2.45, 2.75) is 0 Å². The quantitative estimate of drug-likeness (QED) is 0.470. The van der Waals surface area contributed by atoms with Gasteiger partial charge in [0.05, 0.1) is 0 Å². The van der Waals surface area contributed by atoms with Crippen molar-refractivity contribution in [3.8, 4) is 0 Å². The van der Waals surface area contributed by atoms with Crippen LogP contribution in [0.15, 0.2) is 28.7 Å². The fourth-order valence-electron chi connectivity index (χ4n) is 0.830. The van der Waals surface area contributed by atoms with E-state index in [0.29, 0.717) is 5.56 Å². The molecule has 0 atom stereocenters. The Hall–Kier alpha value is -1.43. The van der Waals surface area contributed by atoms with Gasteiger partial charge in [0, 0.05) is 10.0 Å². The van der Waals surface area contributed by atoms with E-state index in [1.54, 1.807) is 24.3 Å². The summed E-state index contributed by atoms with van der Waals surface area (Å²) < 4.78 is 0.837. The maximum absolute atomic E-state index is 11.2. The van der Waals surface area contributed by atoms with Crippen LogP contribution in [0, 0.1) is 10.1 Å². The number of carbonyl (C=O) groups is 1. The topological polar surface area (TPSA) is 69.4 Å². The maximum atomic E-state index is 11.2. The lowest BCUT2D eigenvalue weighted by atomic mass is 10.1. The van der Waals surface area contributed by atoms with E-state index in [0.717, 1.165) is 4.47 Å². The first-order valence-electron chi connectivity index (χ1n) is 3.65. The minimum absolute atomic E-state index is 0.384. The predicted octanol–water partition coefficient (Wildman–Crippen LogP) is 1.84. The van der Waals surface area contributed by atoms with Gasteiger partial charge in [0.2, 0.25) is 0 Å². The smallest absolute Gasteiger partial charge is 0.294 e. The Labute approximate surface area is 87.9 Å². The Morgan fingerprint density at radius 2 is 2.00 bits per heavy atom. The molecule has 0 unspecified atom stereocenters. The van der Waals surface area contributed by atoms with E-state index in [4.69, 9.17) is 0 Å². The second-order valence-electron chi connectivity index (χ2n) is 2.43. The summed E-state index contributed by atoms with van der Waals surface area (Å²) in [4.78, 5) is 25.0. The molecule has 0 saturated heterocycles. The first-order chi connectivity index (χ1) is 6.59. The van der Waals surface area contributed by atoms with Crippen LogP contribution in [-0.4, -0.2) is 17.5 Å². The largest absolute Gasteiger partial charge is 0.306 e. The zero-order chi connectivity index (χ0) is 10.6. The summed E-state index contributed by atoms with van der Waals surface area (Å²) in [7, 11) is 0. The lowest BCUT2D eigenvalue weighted by molar-refractivity contribution is -0.754. The van der Waals surface area contributed by atoms with E-state index >= 15 is 0 Å². The number of hydrogen-bond acceptors (Lipinski definition) is 4. The molecule has 0 bridgehead atoms. The van der Waals surface area contributed by atoms with Crippen molar-refractivity contribution in [3.05, 3.63) is 44.4 Å². The van der Waals surface area contributed by atoms with Crippen molar-refractivity contribution in [1.29, 1.82) is 0 Å². The monoisotopic (exact) mass is 259 g/mol. The lowest BCUT2D eigenvalue weighted by Gasteiger charge is -1.99. The van der Waals surface area contributed by atoms with Gasteiger partial charge >= 0.3 is 0 Å². The van der Waals surface area contributed by atoms with Gasteiger partial charge in [-0.3, -0.25) is 4.79 Å². The summed E-state index contributed by atoms with van der Waals surface area (Å²) in [5.41, 5.74) is 0.384. The summed E-state index contributed by atoms with van der Waals surface area (Å²) in [5.74, 6) is -0.422. The first kappa shape index (κ1) is 10.6. The molecule has 0 amide bonds. The Kier molecular flexibility index (Phi) is 3.58. The highest BCUT2D eigenvalue weighted by Crippen LogP contribution is 2.10. The molecule has 1 aromatic carbocycles. The number of halogens is 1. The molecule has 0 fully saturated rings. The van der Waals surface area contributed by atoms with Crippen LogP contribution in [0.5, 0.6) is 0 Å². The van der Waals surface area contributed by atoms with Gasteiger partial charge in [-0.2, -0.15) is 0 Å². The third kappa shape index (κ3) is 3.14. The highest BCUT2D eigenvalue weighted by atomic mass is 79.9. The minimum Gasteiger partial charge on any atom is -0.306 e. The molecule has 0 N–H and O–H groups in total. The summed E-state index contributed by atoms with van der Waals surface area (Å²) in [6, 6.07) is 6.49. The van der Waals surface area contributed by atoms with Crippen molar-refractivity contribution >= 4 is 21.7 Å². The molecule has 0 radical (unpaired) electrons. The number of ketones is 1. The van der Waals surface area contributed by atoms with Crippen molar-refractivity contribution in [3.63, 3.8) is 0 Å². The number of carbonyl (C=O) groups excluding carboxylic acids is 1.